The van der Waals surface area contributed by atoms with Gasteiger partial charge in [-0.25, -0.2) is 0 Å². The van der Waals surface area contributed by atoms with E-state index in [1.165, 1.54) is 5.56 Å². The molecule has 1 aromatic carbocycles. The molecule has 2 unspecified atom stereocenters. The topological polar surface area (TPSA) is 18.5 Å². The summed E-state index contributed by atoms with van der Waals surface area (Å²) in [7, 11) is 0. The molecule has 1 fully saturated rings. The fourth-order valence-electron chi connectivity index (χ4n) is 1.82. The highest BCUT2D eigenvalue weighted by Crippen LogP contribution is 2.29. The predicted octanol–water partition coefficient (Wildman–Crippen LogP) is 3.15. The van der Waals surface area contributed by atoms with Crippen LogP contribution in [0.4, 0.5) is 0 Å². The first-order chi connectivity index (χ1) is 7.27. The van der Waals surface area contributed by atoms with Crippen molar-refractivity contribution in [1.29, 1.82) is 0 Å². The molecule has 0 spiro atoms. The Bertz CT molecular complexity index is 295. The van der Waals surface area contributed by atoms with E-state index >= 15 is 0 Å². The van der Waals surface area contributed by atoms with Gasteiger partial charge < -0.3 is 9.47 Å². The molecule has 0 N–H and O–H groups in total. The summed E-state index contributed by atoms with van der Waals surface area (Å²) < 4.78 is 11.5. The summed E-state index contributed by atoms with van der Waals surface area (Å²) in [5, 5.41) is 0. The van der Waals surface area contributed by atoms with E-state index in [4.69, 9.17) is 9.47 Å². The first kappa shape index (κ1) is 10.7. The van der Waals surface area contributed by atoms with Crippen LogP contribution in [-0.4, -0.2) is 12.9 Å². The molecule has 1 aromatic rings. The molecule has 1 aliphatic heterocycles. The van der Waals surface area contributed by atoms with E-state index in [-0.39, 0.29) is 12.4 Å². The smallest absolute Gasteiger partial charge is 0.160 e. The molecule has 2 nitrogen and oxygen atoms in total. The van der Waals surface area contributed by atoms with Crippen LogP contribution in [0, 0.1) is 5.92 Å². The molecule has 0 aromatic heterocycles. The predicted molar refractivity (Wildman–Crippen MR) is 59.5 cm³/mol. The van der Waals surface area contributed by atoms with Gasteiger partial charge in [0.15, 0.2) is 6.29 Å². The fraction of sp³-hybridized carbons (Fsp3) is 0.538. The van der Waals surface area contributed by atoms with Crippen LogP contribution in [0.15, 0.2) is 30.3 Å². The average Bonchev–Trinajstić information content (AvgIpc) is 2.30. The molecule has 15 heavy (non-hydrogen) atoms. The number of benzene rings is 1. The Labute approximate surface area is 91.2 Å². The minimum absolute atomic E-state index is 0.0519. The summed E-state index contributed by atoms with van der Waals surface area (Å²) in [6, 6.07) is 10.4. The minimum atomic E-state index is -0.0519. The van der Waals surface area contributed by atoms with Crippen molar-refractivity contribution in [2.45, 2.75) is 32.7 Å². The quantitative estimate of drug-likeness (QED) is 0.740. The van der Waals surface area contributed by atoms with Gasteiger partial charge in [0, 0.05) is 12.3 Å². The Kier molecular flexibility index (Phi) is 3.39. The van der Waals surface area contributed by atoms with Gasteiger partial charge in [0.05, 0.1) is 12.7 Å². The Morgan fingerprint density at radius 3 is 2.60 bits per heavy atom. The van der Waals surface area contributed by atoms with Crippen molar-refractivity contribution in [1.82, 2.24) is 0 Å². The van der Waals surface area contributed by atoms with Crippen molar-refractivity contribution in [2.75, 3.05) is 6.61 Å². The van der Waals surface area contributed by atoms with Crippen LogP contribution in [0.1, 0.15) is 31.9 Å². The summed E-state index contributed by atoms with van der Waals surface area (Å²) in [6.07, 6.45) is 1.10. The van der Waals surface area contributed by atoms with Crippen LogP contribution >= 0.6 is 0 Å². The van der Waals surface area contributed by atoms with Crippen LogP contribution in [0.5, 0.6) is 0 Å². The maximum Gasteiger partial charge on any atom is 0.160 e. The van der Waals surface area contributed by atoms with Gasteiger partial charge >= 0.3 is 0 Å². The number of rotatable bonds is 2. The van der Waals surface area contributed by atoms with Gasteiger partial charge in [-0.1, -0.05) is 44.2 Å². The number of hydrogen-bond donors (Lipinski definition) is 0. The second-order valence-electron chi connectivity index (χ2n) is 4.31. The summed E-state index contributed by atoms with van der Waals surface area (Å²) in [5.74, 6) is 0.413. The van der Waals surface area contributed by atoms with Gasteiger partial charge in [0.2, 0.25) is 0 Å². The van der Waals surface area contributed by atoms with E-state index in [0.717, 1.165) is 13.0 Å². The number of ether oxygens (including phenoxy) is 2. The highest BCUT2D eigenvalue weighted by molar-refractivity contribution is 5.17. The van der Waals surface area contributed by atoms with E-state index in [9.17, 15) is 0 Å². The Morgan fingerprint density at radius 2 is 1.93 bits per heavy atom. The van der Waals surface area contributed by atoms with Gasteiger partial charge in [0.25, 0.3) is 0 Å². The molecular formula is C13H18O2. The molecule has 0 bridgehead atoms. The molecule has 1 aliphatic rings. The Hall–Kier alpha value is -0.860. The lowest BCUT2D eigenvalue weighted by atomic mass is 10.1. The molecule has 0 aliphatic carbocycles. The lowest BCUT2D eigenvalue weighted by molar-refractivity contribution is -0.232. The van der Waals surface area contributed by atoms with E-state index < -0.39 is 0 Å². The van der Waals surface area contributed by atoms with E-state index in [1.807, 2.05) is 6.07 Å². The maximum absolute atomic E-state index is 5.91. The van der Waals surface area contributed by atoms with Crippen LogP contribution < -0.4 is 0 Å². The average molecular weight is 206 g/mol. The molecule has 82 valence electrons. The maximum atomic E-state index is 5.91. The zero-order valence-corrected chi connectivity index (χ0v) is 9.35. The molecule has 2 heteroatoms. The van der Waals surface area contributed by atoms with Crippen LogP contribution in [-0.2, 0) is 9.47 Å². The first-order valence-electron chi connectivity index (χ1n) is 5.59. The van der Waals surface area contributed by atoms with Gasteiger partial charge in [-0.3, -0.25) is 0 Å². The third-order valence-corrected chi connectivity index (χ3v) is 2.68. The van der Waals surface area contributed by atoms with Crippen molar-refractivity contribution >= 4 is 0 Å². The van der Waals surface area contributed by atoms with Gasteiger partial charge in [-0.15, -0.1) is 0 Å². The first-order valence-corrected chi connectivity index (χ1v) is 5.59. The zero-order chi connectivity index (χ0) is 10.7. The molecule has 2 rings (SSSR count). The van der Waals surface area contributed by atoms with Crippen molar-refractivity contribution in [3.8, 4) is 0 Å². The summed E-state index contributed by atoms with van der Waals surface area (Å²) in [5.41, 5.74) is 1.26. The second-order valence-corrected chi connectivity index (χ2v) is 4.31. The fourth-order valence-corrected chi connectivity index (χ4v) is 1.82. The summed E-state index contributed by atoms with van der Waals surface area (Å²) in [6.45, 7) is 5.04. The lowest BCUT2D eigenvalue weighted by Gasteiger charge is -2.32. The highest BCUT2D eigenvalue weighted by Gasteiger charge is 2.25. The Balaban J connectivity index is 2.05. The van der Waals surface area contributed by atoms with Crippen LogP contribution in [0.3, 0.4) is 0 Å². The van der Waals surface area contributed by atoms with E-state index in [2.05, 4.69) is 38.1 Å². The van der Waals surface area contributed by atoms with Gasteiger partial charge in [-0.2, -0.15) is 0 Å². The monoisotopic (exact) mass is 206 g/mol. The van der Waals surface area contributed by atoms with Crippen molar-refractivity contribution in [3.05, 3.63) is 35.9 Å². The highest BCUT2D eigenvalue weighted by atomic mass is 16.7. The molecule has 1 saturated heterocycles. The van der Waals surface area contributed by atoms with Crippen LogP contribution in [0.25, 0.3) is 0 Å². The number of hydrogen-bond acceptors (Lipinski definition) is 2. The van der Waals surface area contributed by atoms with E-state index in [0.29, 0.717) is 5.92 Å². The third kappa shape index (κ3) is 2.58. The molecule has 0 saturated carbocycles. The SMILES string of the molecule is CC(C)C1OCCC(c2ccccc2)O1. The molecule has 2 atom stereocenters. The van der Waals surface area contributed by atoms with Crippen molar-refractivity contribution in [2.24, 2.45) is 5.92 Å². The molecule has 1 heterocycles. The third-order valence-electron chi connectivity index (χ3n) is 2.68. The van der Waals surface area contributed by atoms with Gasteiger partial charge in [0.1, 0.15) is 0 Å². The second kappa shape index (κ2) is 4.77. The van der Waals surface area contributed by atoms with Gasteiger partial charge in [-0.05, 0) is 5.56 Å². The standard InChI is InChI=1S/C13H18O2/c1-10(2)13-14-9-8-12(15-13)11-6-4-3-5-7-11/h3-7,10,12-13H,8-9H2,1-2H3. The normalized spacial score (nSPS) is 26.9. The Morgan fingerprint density at radius 1 is 1.20 bits per heavy atom. The zero-order valence-electron chi connectivity index (χ0n) is 9.35. The lowest BCUT2D eigenvalue weighted by Crippen LogP contribution is -2.31. The molecule has 0 radical (unpaired) electrons. The summed E-state index contributed by atoms with van der Waals surface area (Å²) >= 11 is 0. The summed E-state index contributed by atoms with van der Waals surface area (Å²) in [4.78, 5) is 0. The van der Waals surface area contributed by atoms with Crippen molar-refractivity contribution in [3.63, 3.8) is 0 Å². The molecule has 0 amide bonds. The van der Waals surface area contributed by atoms with Crippen LogP contribution in [0.2, 0.25) is 0 Å². The molecular weight excluding hydrogens is 188 g/mol. The minimum Gasteiger partial charge on any atom is -0.352 e. The van der Waals surface area contributed by atoms with E-state index in [1.54, 1.807) is 0 Å². The largest absolute Gasteiger partial charge is 0.352 e. The van der Waals surface area contributed by atoms with Crippen molar-refractivity contribution < 1.29 is 9.47 Å².